The summed E-state index contributed by atoms with van der Waals surface area (Å²) < 4.78 is 1.11. The van der Waals surface area contributed by atoms with Gasteiger partial charge in [-0.15, -0.1) is 0 Å². The molecule has 0 aliphatic rings. The fourth-order valence-corrected chi connectivity index (χ4v) is 2.30. The molecule has 1 aromatic carbocycles. The van der Waals surface area contributed by atoms with Crippen LogP contribution in [0.3, 0.4) is 0 Å². The number of hydrogen-bond donors (Lipinski definition) is 1. The number of benzene rings is 1. The van der Waals surface area contributed by atoms with Crippen LogP contribution in [0.15, 0.2) is 41.0 Å². The van der Waals surface area contributed by atoms with Crippen LogP contribution >= 0.6 is 15.9 Å². The van der Waals surface area contributed by atoms with Gasteiger partial charge in [-0.05, 0) is 43.3 Å². The molecular formula is C14H15BrN2. The largest absolute Gasteiger partial charge is 0.314 e. The molecule has 2 nitrogen and oxygen atoms in total. The molecule has 0 bridgehead atoms. The molecule has 1 N–H and O–H groups in total. The molecule has 0 saturated carbocycles. The van der Waals surface area contributed by atoms with Gasteiger partial charge in [0.2, 0.25) is 0 Å². The maximum atomic E-state index is 4.43. The average Bonchev–Trinajstić information content (AvgIpc) is 2.31. The van der Waals surface area contributed by atoms with E-state index in [0.29, 0.717) is 0 Å². The normalized spacial score (nSPS) is 10.5. The second kappa shape index (κ2) is 5.43. The van der Waals surface area contributed by atoms with E-state index < -0.39 is 0 Å². The summed E-state index contributed by atoms with van der Waals surface area (Å²) in [5.74, 6) is 0. The Morgan fingerprint density at radius 3 is 2.65 bits per heavy atom. The first-order chi connectivity index (χ1) is 8.20. The van der Waals surface area contributed by atoms with E-state index in [9.17, 15) is 0 Å². The lowest BCUT2D eigenvalue weighted by molar-refractivity contribution is 0.791. The summed E-state index contributed by atoms with van der Waals surface area (Å²) in [7, 11) is 1.93. The maximum absolute atomic E-state index is 4.43. The van der Waals surface area contributed by atoms with Gasteiger partial charge in [-0.2, -0.15) is 0 Å². The molecule has 3 heteroatoms. The molecule has 0 amide bonds. The molecule has 0 saturated heterocycles. The van der Waals surface area contributed by atoms with Crippen LogP contribution < -0.4 is 5.32 Å². The number of pyridine rings is 1. The predicted molar refractivity (Wildman–Crippen MR) is 74.9 cm³/mol. The van der Waals surface area contributed by atoms with Crippen molar-refractivity contribution in [3.8, 4) is 11.1 Å². The highest BCUT2D eigenvalue weighted by atomic mass is 79.9. The number of halogens is 1. The number of aryl methyl sites for hydroxylation is 1. The van der Waals surface area contributed by atoms with Crippen molar-refractivity contribution >= 4 is 15.9 Å². The van der Waals surface area contributed by atoms with Gasteiger partial charge >= 0.3 is 0 Å². The van der Waals surface area contributed by atoms with Gasteiger partial charge < -0.3 is 5.32 Å². The van der Waals surface area contributed by atoms with E-state index in [0.717, 1.165) is 22.3 Å². The van der Waals surface area contributed by atoms with E-state index in [2.05, 4.69) is 63.5 Å². The molecule has 17 heavy (non-hydrogen) atoms. The van der Waals surface area contributed by atoms with Crippen LogP contribution in [-0.2, 0) is 6.54 Å². The minimum Gasteiger partial charge on any atom is -0.314 e. The topological polar surface area (TPSA) is 24.9 Å². The summed E-state index contributed by atoms with van der Waals surface area (Å²) in [6, 6.07) is 10.5. The van der Waals surface area contributed by atoms with Crippen LogP contribution in [0.5, 0.6) is 0 Å². The molecule has 2 rings (SSSR count). The smallest absolute Gasteiger partial charge is 0.0542 e. The van der Waals surface area contributed by atoms with E-state index in [1.54, 1.807) is 0 Å². The Labute approximate surface area is 110 Å². The van der Waals surface area contributed by atoms with Gasteiger partial charge in [0.25, 0.3) is 0 Å². The van der Waals surface area contributed by atoms with Crippen molar-refractivity contribution < 1.29 is 0 Å². The second-order valence-corrected chi connectivity index (χ2v) is 4.94. The maximum Gasteiger partial charge on any atom is 0.0542 e. The van der Waals surface area contributed by atoms with Crippen molar-refractivity contribution in [1.82, 2.24) is 10.3 Å². The highest BCUT2D eigenvalue weighted by Gasteiger charge is 2.03. The Hall–Kier alpha value is -1.19. The quantitative estimate of drug-likeness (QED) is 0.935. The Morgan fingerprint density at radius 2 is 2.06 bits per heavy atom. The van der Waals surface area contributed by atoms with Crippen LogP contribution in [-0.4, -0.2) is 12.0 Å². The number of hydrogen-bond acceptors (Lipinski definition) is 2. The predicted octanol–water partition coefficient (Wildman–Crippen LogP) is 3.54. The lowest BCUT2D eigenvalue weighted by Gasteiger charge is -2.07. The molecular weight excluding hydrogens is 276 g/mol. The van der Waals surface area contributed by atoms with E-state index in [1.165, 1.54) is 11.1 Å². The zero-order valence-corrected chi connectivity index (χ0v) is 11.6. The van der Waals surface area contributed by atoms with Crippen molar-refractivity contribution in [2.75, 3.05) is 7.05 Å². The number of rotatable bonds is 3. The summed E-state index contributed by atoms with van der Waals surface area (Å²) in [4.78, 5) is 4.43. The summed E-state index contributed by atoms with van der Waals surface area (Å²) >= 11 is 3.48. The van der Waals surface area contributed by atoms with Crippen molar-refractivity contribution in [2.24, 2.45) is 0 Å². The summed E-state index contributed by atoms with van der Waals surface area (Å²) in [5, 5.41) is 3.09. The molecule has 0 atom stereocenters. The monoisotopic (exact) mass is 290 g/mol. The number of nitrogens with zero attached hydrogens (tertiary/aromatic N) is 1. The van der Waals surface area contributed by atoms with Gasteiger partial charge in [0.05, 0.1) is 5.69 Å². The first-order valence-corrected chi connectivity index (χ1v) is 6.36. The van der Waals surface area contributed by atoms with E-state index in [-0.39, 0.29) is 0 Å². The molecule has 0 spiro atoms. The Balaban J connectivity index is 2.33. The molecule has 2 aromatic rings. The Kier molecular flexibility index (Phi) is 3.92. The van der Waals surface area contributed by atoms with Crippen molar-refractivity contribution in [1.29, 1.82) is 0 Å². The fraction of sp³-hybridized carbons (Fsp3) is 0.214. The van der Waals surface area contributed by atoms with Gasteiger partial charge in [-0.25, -0.2) is 0 Å². The highest BCUT2D eigenvalue weighted by Crippen LogP contribution is 2.25. The third-order valence-electron chi connectivity index (χ3n) is 2.68. The van der Waals surface area contributed by atoms with Gasteiger partial charge in [0, 0.05) is 22.8 Å². The van der Waals surface area contributed by atoms with E-state index in [1.807, 2.05) is 13.2 Å². The minimum atomic E-state index is 0.805. The van der Waals surface area contributed by atoms with Crippen LogP contribution in [0.1, 0.15) is 11.3 Å². The van der Waals surface area contributed by atoms with E-state index in [4.69, 9.17) is 0 Å². The third kappa shape index (κ3) is 2.93. The molecule has 0 fully saturated rings. The van der Waals surface area contributed by atoms with Crippen LogP contribution in [0.4, 0.5) is 0 Å². The summed E-state index contributed by atoms with van der Waals surface area (Å²) in [6.45, 7) is 2.92. The third-order valence-corrected chi connectivity index (χ3v) is 3.18. The number of nitrogens with one attached hydrogen (secondary N) is 1. The number of aromatic nitrogens is 1. The second-order valence-electron chi connectivity index (χ2n) is 4.03. The highest BCUT2D eigenvalue weighted by molar-refractivity contribution is 9.10. The zero-order valence-electron chi connectivity index (χ0n) is 10.00. The van der Waals surface area contributed by atoms with E-state index >= 15 is 0 Å². The van der Waals surface area contributed by atoms with Crippen molar-refractivity contribution in [3.63, 3.8) is 0 Å². The van der Waals surface area contributed by atoms with Gasteiger partial charge in [0.1, 0.15) is 0 Å². The molecule has 0 unspecified atom stereocenters. The molecule has 88 valence electrons. The first-order valence-electron chi connectivity index (χ1n) is 5.57. The van der Waals surface area contributed by atoms with Gasteiger partial charge in [-0.3, -0.25) is 4.98 Å². The van der Waals surface area contributed by atoms with Crippen LogP contribution in [0.2, 0.25) is 0 Å². The SMILES string of the molecule is CNCc1ccc(-c2ccc(Br)cc2C)cn1. The van der Waals surface area contributed by atoms with Gasteiger partial charge in [0.15, 0.2) is 0 Å². The molecule has 1 aromatic heterocycles. The summed E-state index contributed by atoms with van der Waals surface area (Å²) in [5.41, 5.74) is 4.71. The average molecular weight is 291 g/mol. The summed E-state index contributed by atoms with van der Waals surface area (Å²) in [6.07, 6.45) is 1.93. The fourth-order valence-electron chi connectivity index (χ4n) is 1.82. The first kappa shape index (κ1) is 12.3. The minimum absolute atomic E-state index is 0.805. The zero-order chi connectivity index (χ0) is 12.3. The van der Waals surface area contributed by atoms with Crippen LogP contribution in [0, 0.1) is 6.92 Å². The van der Waals surface area contributed by atoms with Crippen LogP contribution in [0.25, 0.3) is 11.1 Å². The van der Waals surface area contributed by atoms with Crippen molar-refractivity contribution in [3.05, 3.63) is 52.3 Å². The lowest BCUT2D eigenvalue weighted by Crippen LogP contribution is -2.06. The Bertz CT molecular complexity index is 506. The molecule has 1 heterocycles. The lowest BCUT2D eigenvalue weighted by atomic mass is 10.0. The molecule has 0 aliphatic heterocycles. The van der Waals surface area contributed by atoms with Gasteiger partial charge in [-0.1, -0.05) is 28.1 Å². The standard InChI is InChI=1S/C14H15BrN2/c1-10-7-12(15)4-6-14(10)11-3-5-13(9-16-2)17-8-11/h3-8,16H,9H2,1-2H3. The molecule has 0 radical (unpaired) electrons. The van der Waals surface area contributed by atoms with Crippen molar-refractivity contribution in [2.45, 2.75) is 13.5 Å². The molecule has 0 aliphatic carbocycles. The Morgan fingerprint density at radius 1 is 1.24 bits per heavy atom.